The summed E-state index contributed by atoms with van der Waals surface area (Å²) in [5, 5.41) is 0. The van der Waals surface area contributed by atoms with Crippen LogP contribution in [0.2, 0.25) is 0 Å². The summed E-state index contributed by atoms with van der Waals surface area (Å²) < 4.78 is 0. The molecule has 3 atom stereocenters. The maximum atomic E-state index is 2.42. The molecule has 0 aromatic rings. The van der Waals surface area contributed by atoms with Gasteiger partial charge in [-0.3, -0.25) is 0 Å². The highest BCUT2D eigenvalue weighted by atomic mass is 15.0. The molecule has 0 fully saturated rings. The third kappa shape index (κ3) is 11.8. The molecule has 0 aliphatic rings. The van der Waals surface area contributed by atoms with Crippen molar-refractivity contribution in [2.45, 2.75) is 85.5 Å². The number of hydrogen-bond acceptors (Lipinski definition) is 1. The van der Waals surface area contributed by atoms with E-state index in [2.05, 4.69) is 46.7 Å². The first-order valence-corrected chi connectivity index (χ1v) is 9.14. The first-order valence-electron chi connectivity index (χ1n) is 9.14. The monoisotopic (exact) mass is 283 g/mol. The Balaban J connectivity index is 3.63. The van der Waals surface area contributed by atoms with Gasteiger partial charge in [0.05, 0.1) is 0 Å². The Bertz CT molecular complexity index is 200. The Morgan fingerprint density at radius 3 is 1.70 bits per heavy atom. The quantitative estimate of drug-likeness (QED) is 0.401. The average Bonchev–Trinajstić information content (AvgIpc) is 2.43. The zero-order valence-electron chi connectivity index (χ0n) is 15.3. The average molecular weight is 284 g/mol. The van der Waals surface area contributed by atoms with Crippen LogP contribution in [0.5, 0.6) is 0 Å². The van der Waals surface area contributed by atoms with Gasteiger partial charge in [0, 0.05) is 0 Å². The number of rotatable bonds is 13. The van der Waals surface area contributed by atoms with Gasteiger partial charge < -0.3 is 4.90 Å². The van der Waals surface area contributed by atoms with Crippen LogP contribution in [0.1, 0.15) is 85.5 Å². The Kier molecular flexibility index (Phi) is 12.7. The molecule has 0 saturated heterocycles. The SMILES string of the molecule is CCC(C)CCCC(CC)CCCC(C)CCN(C)C. The molecular weight excluding hydrogens is 242 g/mol. The van der Waals surface area contributed by atoms with Crippen molar-refractivity contribution in [1.82, 2.24) is 4.90 Å². The minimum absolute atomic E-state index is 0.898. The van der Waals surface area contributed by atoms with E-state index in [1.54, 1.807) is 0 Å². The van der Waals surface area contributed by atoms with Crippen molar-refractivity contribution < 1.29 is 0 Å². The van der Waals surface area contributed by atoms with Crippen LogP contribution in [0.25, 0.3) is 0 Å². The second kappa shape index (κ2) is 12.7. The van der Waals surface area contributed by atoms with Crippen LogP contribution in [0, 0.1) is 17.8 Å². The first kappa shape index (κ1) is 20.0. The van der Waals surface area contributed by atoms with E-state index in [9.17, 15) is 0 Å². The highest BCUT2D eigenvalue weighted by Gasteiger charge is 2.09. The third-order valence-corrected chi connectivity index (χ3v) is 4.96. The summed E-state index contributed by atoms with van der Waals surface area (Å²) in [6.07, 6.45) is 12.8. The van der Waals surface area contributed by atoms with Gasteiger partial charge in [-0.2, -0.15) is 0 Å². The van der Waals surface area contributed by atoms with Crippen LogP contribution in [0.15, 0.2) is 0 Å². The minimum atomic E-state index is 0.898. The lowest BCUT2D eigenvalue weighted by Gasteiger charge is -2.18. The Labute approximate surface area is 129 Å². The van der Waals surface area contributed by atoms with Crippen molar-refractivity contribution >= 4 is 0 Å². The van der Waals surface area contributed by atoms with Gasteiger partial charge in [0.2, 0.25) is 0 Å². The molecule has 1 nitrogen and oxygen atoms in total. The lowest BCUT2D eigenvalue weighted by atomic mass is 9.89. The molecule has 0 spiro atoms. The van der Waals surface area contributed by atoms with E-state index >= 15 is 0 Å². The van der Waals surface area contributed by atoms with Gasteiger partial charge >= 0.3 is 0 Å². The normalized spacial score (nSPS) is 16.4. The summed E-state index contributed by atoms with van der Waals surface area (Å²) in [7, 11) is 4.36. The molecule has 0 saturated carbocycles. The molecule has 0 bridgehead atoms. The fourth-order valence-electron chi connectivity index (χ4n) is 2.89. The van der Waals surface area contributed by atoms with Gasteiger partial charge in [0.15, 0.2) is 0 Å². The number of nitrogens with zero attached hydrogens (tertiary/aromatic N) is 1. The maximum absolute atomic E-state index is 2.42. The van der Waals surface area contributed by atoms with Crippen LogP contribution in [0.3, 0.4) is 0 Å². The fourth-order valence-corrected chi connectivity index (χ4v) is 2.89. The van der Waals surface area contributed by atoms with Crippen molar-refractivity contribution in [2.75, 3.05) is 20.6 Å². The van der Waals surface area contributed by atoms with E-state index in [0.717, 1.165) is 17.8 Å². The number of hydrogen-bond donors (Lipinski definition) is 0. The van der Waals surface area contributed by atoms with Crippen LogP contribution in [-0.4, -0.2) is 25.5 Å². The van der Waals surface area contributed by atoms with Crippen molar-refractivity contribution in [2.24, 2.45) is 17.8 Å². The first-order chi connectivity index (χ1) is 9.49. The second-order valence-corrected chi connectivity index (χ2v) is 7.35. The van der Waals surface area contributed by atoms with Gasteiger partial charge in [-0.25, -0.2) is 0 Å². The van der Waals surface area contributed by atoms with Gasteiger partial charge in [-0.15, -0.1) is 0 Å². The lowest BCUT2D eigenvalue weighted by molar-refractivity contribution is 0.329. The molecular formula is C19H41N. The molecule has 20 heavy (non-hydrogen) atoms. The van der Waals surface area contributed by atoms with E-state index < -0.39 is 0 Å². The van der Waals surface area contributed by atoms with Crippen molar-refractivity contribution in [3.8, 4) is 0 Å². The van der Waals surface area contributed by atoms with Crippen LogP contribution >= 0.6 is 0 Å². The summed E-state index contributed by atoms with van der Waals surface area (Å²) in [5.74, 6) is 2.81. The molecule has 0 aromatic heterocycles. The highest BCUT2D eigenvalue weighted by molar-refractivity contribution is 4.62. The third-order valence-electron chi connectivity index (χ3n) is 4.96. The van der Waals surface area contributed by atoms with Gasteiger partial charge in [0.1, 0.15) is 0 Å². The van der Waals surface area contributed by atoms with E-state index in [1.165, 1.54) is 64.3 Å². The molecule has 0 N–H and O–H groups in total. The molecule has 3 unspecified atom stereocenters. The summed E-state index contributed by atoms with van der Waals surface area (Å²) >= 11 is 0. The topological polar surface area (TPSA) is 3.24 Å². The zero-order valence-corrected chi connectivity index (χ0v) is 15.3. The van der Waals surface area contributed by atoms with E-state index in [0.29, 0.717) is 0 Å². The van der Waals surface area contributed by atoms with Crippen LogP contribution in [-0.2, 0) is 0 Å². The Hall–Kier alpha value is -0.0400. The molecule has 0 aliphatic carbocycles. The Morgan fingerprint density at radius 2 is 1.25 bits per heavy atom. The van der Waals surface area contributed by atoms with Crippen molar-refractivity contribution in [3.63, 3.8) is 0 Å². The highest BCUT2D eigenvalue weighted by Crippen LogP contribution is 2.23. The van der Waals surface area contributed by atoms with E-state index in [-0.39, 0.29) is 0 Å². The molecule has 0 aliphatic heterocycles. The van der Waals surface area contributed by atoms with E-state index in [1.807, 2.05) is 0 Å². The predicted molar refractivity (Wildman–Crippen MR) is 93.3 cm³/mol. The largest absolute Gasteiger partial charge is 0.309 e. The summed E-state index contributed by atoms with van der Waals surface area (Å²) in [6, 6.07) is 0. The molecule has 0 heterocycles. The molecule has 0 aromatic carbocycles. The maximum Gasteiger partial charge on any atom is -0.00223 e. The van der Waals surface area contributed by atoms with Crippen LogP contribution in [0.4, 0.5) is 0 Å². The van der Waals surface area contributed by atoms with Gasteiger partial charge in [-0.05, 0) is 44.8 Å². The van der Waals surface area contributed by atoms with Gasteiger partial charge in [-0.1, -0.05) is 79.1 Å². The second-order valence-electron chi connectivity index (χ2n) is 7.35. The Morgan fingerprint density at radius 1 is 0.700 bits per heavy atom. The zero-order chi connectivity index (χ0) is 15.4. The predicted octanol–water partition coefficient (Wildman–Crippen LogP) is 5.99. The summed E-state index contributed by atoms with van der Waals surface area (Å²) in [6.45, 7) is 10.8. The minimum Gasteiger partial charge on any atom is -0.309 e. The summed E-state index contributed by atoms with van der Waals surface area (Å²) in [4.78, 5) is 2.31. The lowest BCUT2D eigenvalue weighted by Crippen LogP contribution is -2.15. The standard InChI is InChI=1S/C19H41N/c1-7-17(3)11-9-13-19(8-2)14-10-12-18(4)15-16-20(5)6/h17-19H,7-16H2,1-6H3. The van der Waals surface area contributed by atoms with Crippen LogP contribution < -0.4 is 0 Å². The smallest absolute Gasteiger partial charge is 0.00223 e. The molecule has 1 heteroatoms. The van der Waals surface area contributed by atoms with E-state index in [4.69, 9.17) is 0 Å². The van der Waals surface area contributed by atoms with Gasteiger partial charge in [0.25, 0.3) is 0 Å². The molecule has 0 radical (unpaired) electrons. The fraction of sp³-hybridized carbons (Fsp3) is 1.00. The molecule has 0 amide bonds. The van der Waals surface area contributed by atoms with Crippen molar-refractivity contribution in [3.05, 3.63) is 0 Å². The summed E-state index contributed by atoms with van der Waals surface area (Å²) in [5.41, 5.74) is 0. The molecule has 122 valence electrons. The van der Waals surface area contributed by atoms with Crippen molar-refractivity contribution in [1.29, 1.82) is 0 Å². The molecule has 0 rings (SSSR count).